The number of ether oxygens (including phenoxy) is 1. The summed E-state index contributed by atoms with van der Waals surface area (Å²) in [5.41, 5.74) is 1.31. The number of anilines is 1. The molecule has 1 aliphatic heterocycles. The number of nitrogens with one attached hydrogen (secondary N) is 1. The molecule has 0 unspecified atom stereocenters. The summed E-state index contributed by atoms with van der Waals surface area (Å²) in [5, 5.41) is 2.65. The summed E-state index contributed by atoms with van der Waals surface area (Å²) in [4.78, 5) is 12.7. The molecule has 1 heterocycles. The van der Waals surface area contributed by atoms with Crippen LogP contribution in [0.15, 0.2) is 47.4 Å². The summed E-state index contributed by atoms with van der Waals surface area (Å²) in [5.74, 6) is -0.859. The third-order valence-corrected chi connectivity index (χ3v) is 6.38. The van der Waals surface area contributed by atoms with Gasteiger partial charge in [-0.05, 0) is 48.4 Å². The maximum absolute atomic E-state index is 13.0. The van der Waals surface area contributed by atoms with Gasteiger partial charge in [0.15, 0.2) is 0 Å². The van der Waals surface area contributed by atoms with E-state index in [1.54, 1.807) is 12.1 Å². The van der Waals surface area contributed by atoms with E-state index in [-0.39, 0.29) is 23.5 Å². The number of sulfonamides is 1. The van der Waals surface area contributed by atoms with Crippen LogP contribution in [0.5, 0.6) is 0 Å². The van der Waals surface area contributed by atoms with Crippen LogP contribution in [-0.2, 0) is 21.2 Å². The summed E-state index contributed by atoms with van der Waals surface area (Å²) in [6.07, 6.45) is 0.527. The van der Waals surface area contributed by atoms with E-state index < -0.39 is 21.7 Å². The number of hydrogen-bond donors (Lipinski definition) is 1. The van der Waals surface area contributed by atoms with Crippen molar-refractivity contribution in [2.45, 2.75) is 18.2 Å². The van der Waals surface area contributed by atoms with Crippen LogP contribution in [0.3, 0.4) is 0 Å². The van der Waals surface area contributed by atoms with Gasteiger partial charge in [-0.2, -0.15) is 4.31 Å². The van der Waals surface area contributed by atoms with Gasteiger partial charge in [-0.15, -0.1) is 0 Å². The first kappa shape index (κ1) is 19.5. The van der Waals surface area contributed by atoms with Gasteiger partial charge in [0.1, 0.15) is 5.82 Å². The first-order chi connectivity index (χ1) is 12.9. The lowest BCUT2D eigenvalue weighted by Crippen LogP contribution is -2.41. The van der Waals surface area contributed by atoms with Gasteiger partial charge in [0.25, 0.3) is 5.91 Å². The fourth-order valence-electron chi connectivity index (χ4n) is 2.89. The SMILES string of the molecule is CCc1ccc(C(=O)Nc2ccc(F)cc2)cc1S(=O)(=O)N1CCOCC1. The van der Waals surface area contributed by atoms with Crippen molar-refractivity contribution in [2.75, 3.05) is 31.6 Å². The van der Waals surface area contributed by atoms with Crippen LogP contribution in [0.2, 0.25) is 0 Å². The number of amides is 1. The molecule has 0 bridgehead atoms. The Morgan fingerprint density at radius 1 is 1.15 bits per heavy atom. The highest BCUT2D eigenvalue weighted by Gasteiger charge is 2.29. The number of halogens is 1. The maximum atomic E-state index is 13.0. The molecular formula is C19H21FN2O4S. The first-order valence-electron chi connectivity index (χ1n) is 8.69. The molecule has 27 heavy (non-hydrogen) atoms. The van der Waals surface area contributed by atoms with Crippen molar-refractivity contribution in [1.29, 1.82) is 0 Å². The quantitative estimate of drug-likeness (QED) is 0.849. The fourth-order valence-corrected chi connectivity index (χ4v) is 4.62. The summed E-state index contributed by atoms with van der Waals surface area (Å²) >= 11 is 0. The molecule has 3 rings (SSSR count). The Kier molecular flexibility index (Phi) is 5.88. The molecule has 1 aliphatic rings. The van der Waals surface area contributed by atoms with E-state index in [0.29, 0.717) is 30.9 Å². The third-order valence-electron chi connectivity index (χ3n) is 4.40. The summed E-state index contributed by atoms with van der Waals surface area (Å²) < 4.78 is 45.7. The lowest BCUT2D eigenvalue weighted by atomic mass is 10.1. The number of benzene rings is 2. The molecule has 0 atom stereocenters. The third kappa shape index (κ3) is 4.35. The van der Waals surface area contributed by atoms with Gasteiger partial charge in [0.2, 0.25) is 10.0 Å². The molecule has 0 radical (unpaired) electrons. The van der Waals surface area contributed by atoms with Crippen molar-refractivity contribution in [3.63, 3.8) is 0 Å². The zero-order chi connectivity index (χ0) is 19.4. The van der Waals surface area contributed by atoms with Gasteiger partial charge >= 0.3 is 0 Å². The van der Waals surface area contributed by atoms with Crippen LogP contribution in [0, 0.1) is 5.82 Å². The number of hydrogen-bond acceptors (Lipinski definition) is 4. The second-order valence-corrected chi connectivity index (χ2v) is 8.06. The highest BCUT2D eigenvalue weighted by atomic mass is 32.2. The van der Waals surface area contributed by atoms with Gasteiger partial charge < -0.3 is 10.1 Å². The molecule has 8 heteroatoms. The molecule has 144 valence electrons. The van der Waals surface area contributed by atoms with E-state index in [1.807, 2.05) is 6.92 Å². The molecule has 0 aromatic heterocycles. The molecule has 0 aliphatic carbocycles. The van der Waals surface area contributed by atoms with Crippen LogP contribution >= 0.6 is 0 Å². The minimum absolute atomic E-state index is 0.138. The second-order valence-electron chi connectivity index (χ2n) is 6.15. The lowest BCUT2D eigenvalue weighted by molar-refractivity contribution is 0.0730. The Hall–Kier alpha value is -2.29. The number of morpholine rings is 1. The van der Waals surface area contributed by atoms with E-state index in [4.69, 9.17) is 4.74 Å². The van der Waals surface area contributed by atoms with Crippen molar-refractivity contribution < 1.29 is 22.3 Å². The Bertz CT molecular complexity index is 923. The average molecular weight is 392 g/mol. The Morgan fingerprint density at radius 2 is 1.81 bits per heavy atom. The van der Waals surface area contributed by atoms with E-state index in [9.17, 15) is 17.6 Å². The van der Waals surface area contributed by atoms with E-state index in [2.05, 4.69) is 5.32 Å². The van der Waals surface area contributed by atoms with E-state index in [1.165, 1.54) is 34.6 Å². The minimum atomic E-state index is -3.72. The number of carbonyl (C=O) groups is 1. The largest absolute Gasteiger partial charge is 0.379 e. The van der Waals surface area contributed by atoms with Crippen molar-refractivity contribution in [3.05, 3.63) is 59.4 Å². The predicted molar refractivity (Wildman–Crippen MR) is 99.8 cm³/mol. The van der Waals surface area contributed by atoms with Crippen LogP contribution in [0.25, 0.3) is 0 Å². The molecule has 2 aromatic rings. The molecule has 1 fully saturated rings. The zero-order valence-corrected chi connectivity index (χ0v) is 15.8. The molecule has 2 aromatic carbocycles. The van der Waals surface area contributed by atoms with Gasteiger partial charge in [-0.1, -0.05) is 13.0 Å². The topological polar surface area (TPSA) is 75.7 Å². The monoisotopic (exact) mass is 392 g/mol. The molecule has 1 N–H and O–H groups in total. The van der Waals surface area contributed by atoms with Crippen LogP contribution in [0.4, 0.5) is 10.1 Å². The number of carbonyl (C=O) groups excluding carboxylic acids is 1. The van der Waals surface area contributed by atoms with E-state index in [0.717, 1.165) is 0 Å². The van der Waals surface area contributed by atoms with Crippen LogP contribution in [-0.4, -0.2) is 44.9 Å². The highest BCUT2D eigenvalue weighted by molar-refractivity contribution is 7.89. The molecule has 6 nitrogen and oxygen atoms in total. The summed E-state index contributed by atoms with van der Waals surface area (Å²) in [6, 6.07) is 10.0. The lowest BCUT2D eigenvalue weighted by Gasteiger charge is -2.27. The fraction of sp³-hybridized carbons (Fsp3) is 0.316. The summed E-state index contributed by atoms with van der Waals surface area (Å²) in [7, 11) is -3.72. The number of aryl methyl sites for hydroxylation is 1. The number of nitrogens with zero attached hydrogens (tertiary/aromatic N) is 1. The normalized spacial score (nSPS) is 15.5. The molecule has 0 saturated carbocycles. The smallest absolute Gasteiger partial charge is 0.255 e. The standard InChI is InChI=1S/C19H21FN2O4S/c1-2-14-3-4-15(19(23)21-17-7-5-16(20)6-8-17)13-18(14)27(24,25)22-9-11-26-12-10-22/h3-8,13H,2,9-12H2,1H3,(H,21,23). The Balaban J connectivity index is 1.90. The highest BCUT2D eigenvalue weighted by Crippen LogP contribution is 2.24. The van der Waals surface area contributed by atoms with Crippen LogP contribution in [0.1, 0.15) is 22.8 Å². The average Bonchev–Trinajstić information content (AvgIpc) is 2.69. The number of rotatable bonds is 5. The first-order valence-corrected chi connectivity index (χ1v) is 10.1. The minimum Gasteiger partial charge on any atom is -0.379 e. The molecule has 1 amide bonds. The Morgan fingerprint density at radius 3 is 2.44 bits per heavy atom. The van der Waals surface area contributed by atoms with E-state index >= 15 is 0 Å². The molecule has 1 saturated heterocycles. The predicted octanol–water partition coefficient (Wildman–Crippen LogP) is 2.66. The van der Waals surface area contributed by atoms with Gasteiger partial charge in [0.05, 0.1) is 18.1 Å². The van der Waals surface area contributed by atoms with Gasteiger partial charge in [-0.25, -0.2) is 12.8 Å². The Labute approximate surface area is 158 Å². The van der Waals surface area contributed by atoms with Gasteiger partial charge in [0, 0.05) is 24.3 Å². The summed E-state index contributed by atoms with van der Waals surface area (Å²) in [6.45, 7) is 3.15. The van der Waals surface area contributed by atoms with Crippen LogP contribution < -0.4 is 5.32 Å². The van der Waals surface area contributed by atoms with Crippen molar-refractivity contribution in [3.8, 4) is 0 Å². The second kappa shape index (κ2) is 8.16. The van der Waals surface area contributed by atoms with Crippen molar-refractivity contribution >= 4 is 21.6 Å². The zero-order valence-electron chi connectivity index (χ0n) is 14.9. The van der Waals surface area contributed by atoms with Crippen molar-refractivity contribution in [2.24, 2.45) is 0 Å². The van der Waals surface area contributed by atoms with Gasteiger partial charge in [-0.3, -0.25) is 4.79 Å². The maximum Gasteiger partial charge on any atom is 0.255 e. The van der Waals surface area contributed by atoms with Crippen molar-refractivity contribution in [1.82, 2.24) is 4.31 Å². The molecular weight excluding hydrogens is 371 g/mol. The molecule has 0 spiro atoms.